The Morgan fingerprint density at radius 3 is 3.07 bits per heavy atom. The van der Waals surface area contributed by atoms with Crippen LogP contribution in [0.25, 0.3) is 0 Å². The number of benzene rings is 1. The molecule has 3 rings (SSSR count). The van der Waals surface area contributed by atoms with Gasteiger partial charge in [0, 0.05) is 12.1 Å². The molecule has 2 aliphatic rings. The molecule has 0 amide bonds. The molecule has 1 saturated heterocycles. The van der Waals surface area contributed by atoms with Crippen molar-refractivity contribution in [2.45, 2.75) is 25.4 Å². The zero-order valence-corrected chi connectivity index (χ0v) is 8.07. The lowest BCUT2D eigenvalue weighted by Gasteiger charge is -2.29. The Morgan fingerprint density at radius 1 is 1.29 bits per heavy atom. The van der Waals surface area contributed by atoms with Crippen molar-refractivity contribution in [2.24, 2.45) is 0 Å². The molecule has 1 aromatic rings. The molecule has 0 N–H and O–H groups in total. The average Bonchev–Trinajstić information content (AvgIpc) is 2.66. The normalized spacial score (nSPS) is 26.0. The first-order valence-electron chi connectivity index (χ1n) is 5.22. The fraction of sp³-hybridized carbons (Fsp3) is 0.417. The molecule has 0 spiro atoms. The fourth-order valence-electron chi connectivity index (χ4n) is 2.61. The van der Waals surface area contributed by atoms with Gasteiger partial charge < -0.3 is 0 Å². The zero-order valence-electron chi connectivity index (χ0n) is 8.07. The van der Waals surface area contributed by atoms with E-state index in [0.717, 1.165) is 25.1 Å². The number of ketones is 1. The van der Waals surface area contributed by atoms with Crippen molar-refractivity contribution >= 4 is 5.78 Å². The summed E-state index contributed by atoms with van der Waals surface area (Å²) in [7, 11) is 0. The monoisotopic (exact) mass is 187 g/mol. The molecule has 14 heavy (non-hydrogen) atoms. The van der Waals surface area contributed by atoms with Gasteiger partial charge in [-0.1, -0.05) is 24.3 Å². The Hall–Kier alpha value is -1.15. The van der Waals surface area contributed by atoms with E-state index < -0.39 is 0 Å². The molecule has 0 saturated carbocycles. The van der Waals surface area contributed by atoms with Crippen LogP contribution in [-0.4, -0.2) is 23.3 Å². The molecular weight excluding hydrogens is 174 g/mol. The van der Waals surface area contributed by atoms with E-state index in [0.29, 0.717) is 5.78 Å². The molecule has 1 unspecified atom stereocenters. The van der Waals surface area contributed by atoms with Crippen LogP contribution in [-0.2, 0) is 6.54 Å². The van der Waals surface area contributed by atoms with E-state index in [1.165, 1.54) is 12.0 Å². The van der Waals surface area contributed by atoms with Crippen molar-refractivity contribution < 1.29 is 4.79 Å². The fourth-order valence-corrected chi connectivity index (χ4v) is 2.61. The lowest BCUT2D eigenvalue weighted by Crippen LogP contribution is -2.40. The highest BCUT2D eigenvalue weighted by molar-refractivity contribution is 6.02. The van der Waals surface area contributed by atoms with Crippen molar-refractivity contribution in [3.05, 3.63) is 35.4 Å². The number of hydrogen-bond donors (Lipinski definition) is 0. The second-order valence-corrected chi connectivity index (χ2v) is 4.15. The number of carbonyl (C=O) groups is 1. The number of fused-ring (bicyclic) bond motifs is 2. The second kappa shape index (κ2) is 2.92. The molecule has 0 aromatic heterocycles. The van der Waals surface area contributed by atoms with Crippen LogP contribution in [0.5, 0.6) is 0 Å². The van der Waals surface area contributed by atoms with E-state index in [4.69, 9.17) is 0 Å². The van der Waals surface area contributed by atoms with Crippen molar-refractivity contribution in [3.8, 4) is 0 Å². The number of hydrogen-bond acceptors (Lipinski definition) is 2. The van der Waals surface area contributed by atoms with Gasteiger partial charge in [0.1, 0.15) is 0 Å². The third kappa shape index (κ3) is 1.04. The van der Waals surface area contributed by atoms with Crippen LogP contribution in [0, 0.1) is 0 Å². The minimum absolute atomic E-state index is 0.185. The van der Waals surface area contributed by atoms with Crippen molar-refractivity contribution in [3.63, 3.8) is 0 Å². The summed E-state index contributed by atoms with van der Waals surface area (Å²) in [6.07, 6.45) is 2.22. The maximum atomic E-state index is 12.1. The average molecular weight is 187 g/mol. The Morgan fingerprint density at radius 2 is 2.14 bits per heavy atom. The number of rotatable bonds is 0. The molecule has 72 valence electrons. The number of Topliss-reactive ketones (excluding diaryl/α,β-unsaturated/α-hetero) is 1. The smallest absolute Gasteiger partial charge is 0.180 e. The third-order valence-corrected chi connectivity index (χ3v) is 3.32. The van der Waals surface area contributed by atoms with Gasteiger partial charge in [0.2, 0.25) is 0 Å². The predicted octanol–water partition coefficient (Wildman–Crippen LogP) is 1.85. The molecule has 0 bridgehead atoms. The van der Waals surface area contributed by atoms with E-state index in [2.05, 4.69) is 11.0 Å². The molecule has 0 radical (unpaired) electrons. The molecule has 2 nitrogen and oxygen atoms in total. The van der Waals surface area contributed by atoms with Crippen LogP contribution in [0.2, 0.25) is 0 Å². The van der Waals surface area contributed by atoms with Gasteiger partial charge in [-0.3, -0.25) is 9.69 Å². The van der Waals surface area contributed by atoms with E-state index >= 15 is 0 Å². The third-order valence-electron chi connectivity index (χ3n) is 3.32. The molecule has 2 heterocycles. The van der Waals surface area contributed by atoms with E-state index in [1.807, 2.05) is 18.2 Å². The SMILES string of the molecule is O=C1c2ccccc2CN2CCCC12. The summed E-state index contributed by atoms with van der Waals surface area (Å²) in [6, 6.07) is 8.20. The highest BCUT2D eigenvalue weighted by atomic mass is 16.1. The van der Waals surface area contributed by atoms with E-state index in [1.54, 1.807) is 0 Å². The molecule has 2 heteroatoms. The molecule has 0 aliphatic carbocycles. The Labute approximate surface area is 83.5 Å². The van der Waals surface area contributed by atoms with Crippen LogP contribution < -0.4 is 0 Å². The highest BCUT2D eigenvalue weighted by Crippen LogP contribution is 2.29. The van der Waals surface area contributed by atoms with Gasteiger partial charge in [0.05, 0.1) is 6.04 Å². The summed E-state index contributed by atoms with van der Waals surface area (Å²) < 4.78 is 0. The molecule has 1 aromatic carbocycles. The van der Waals surface area contributed by atoms with Crippen LogP contribution in [0.15, 0.2) is 24.3 Å². The maximum absolute atomic E-state index is 12.1. The first kappa shape index (κ1) is 8.18. The lowest BCUT2D eigenvalue weighted by atomic mass is 9.93. The van der Waals surface area contributed by atoms with Gasteiger partial charge in [-0.25, -0.2) is 0 Å². The number of nitrogens with zero attached hydrogens (tertiary/aromatic N) is 1. The van der Waals surface area contributed by atoms with Crippen LogP contribution in [0.3, 0.4) is 0 Å². The Bertz CT molecular complexity index is 386. The quantitative estimate of drug-likeness (QED) is 0.617. The van der Waals surface area contributed by atoms with Crippen LogP contribution >= 0.6 is 0 Å². The van der Waals surface area contributed by atoms with Gasteiger partial charge in [0.25, 0.3) is 0 Å². The largest absolute Gasteiger partial charge is 0.292 e. The van der Waals surface area contributed by atoms with Gasteiger partial charge in [-0.15, -0.1) is 0 Å². The van der Waals surface area contributed by atoms with E-state index in [9.17, 15) is 4.79 Å². The summed E-state index contributed by atoms with van der Waals surface area (Å²) >= 11 is 0. The summed E-state index contributed by atoms with van der Waals surface area (Å²) in [5.74, 6) is 0.337. The predicted molar refractivity (Wildman–Crippen MR) is 54.2 cm³/mol. The van der Waals surface area contributed by atoms with Crippen molar-refractivity contribution in [2.75, 3.05) is 6.54 Å². The highest BCUT2D eigenvalue weighted by Gasteiger charge is 2.35. The molecular formula is C12H13NO. The van der Waals surface area contributed by atoms with Gasteiger partial charge >= 0.3 is 0 Å². The van der Waals surface area contributed by atoms with Gasteiger partial charge in [-0.05, 0) is 24.9 Å². The molecule has 2 aliphatic heterocycles. The number of carbonyl (C=O) groups excluding carboxylic acids is 1. The summed E-state index contributed by atoms with van der Waals surface area (Å²) in [5, 5.41) is 0. The Kier molecular flexibility index (Phi) is 1.71. The summed E-state index contributed by atoms with van der Waals surface area (Å²) in [4.78, 5) is 14.4. The van der Waals surface area contributed by atoms with Crippen molar-refractivity contribution in [1.29, 1.82) is 0 Å². The first-order chi connectivity index (χ1) is 6.86. The maximum Gasteiger partial charge on any atom is 0.180 e. The van der Waals surface area contributed by atoms with Crippen LogP contribution in [0.1, 0.15) is 28.8 Å². The first-order valence-corrected chi connectivity index (χ1v) is 5.22. The zero-order chi connectivity index (χ0) is 9.54. The molecule has 1 fully saturated rings. The Balaban J connectivity index is 2.08. The summed E-state index contributed by atoms with van der Waals surface area (Å²) in [5.41, 5.74) is 2.16. The minimum Gasteiger partial charge on any atom is -0.292 e. The van der Waals surface area contributed by atoms with Crippen molar-refractivity contribution in [1.82, 2.24) is 4.90 Å². The van der Waals surface area contributed by atoms with Gasteiger partial charge in [-0.2, -0.15) is 0 Å². The standard InChI is InChI=1S/C12H13NO/c14-12-10-5-2-1-4-9(10)8-13-7-3-6-11(12)13/h1-2,4-5,11H,3,6-8H2. The minimum atomic E-state index is 0.185. The van der Waals surface area contributed by atoms with Crippen LogP contribution in [0.4, 0.5) is 0 Å². The lowest BCUT2D eigenvalue weighted by molar-refractivity contribution is 0.0833. The topological polar surface area (TPSA) is 20.3 Å². The van der Waals surface area contributed by atoms with E-state index in [-0.39, 0.29) is 6.04 Å². The molecule has 1 atom stereocenters. The second-order valence-electron chi connectivity index (χ2n) is 4.15. The van der Waals surface area contributed by atoms with Gasteiger partial charge in [0.15, 0.2) is 5.78 Å². The summed E-state index contributed by atoms with van der Waals surface area (Å²) in [6.45, 7) is 2.05.